The second kappa shape index (κ2) is 6.37. The Balaban J connectivity index is 2.32. The molecule has 0 bridgehead atoms. The van der Waals surface area contributed by atoms with Gasteiger partial charge in [0.1, 0.15) is 0 Å². The molecule has 6 heteroatoms. The molecule has 0 aliphatic rings. The minimum atomic E-state index is -0.328. The van der Waals surface area contributed by atoms with E-state index >= 15 is 0 Å². The van der Waals surface area contributed by atoms with Crippen molar-refractivity contribution < 1.29 is 9.90 Å². The van der Waals surface area contributed by atoms with Gasteiger partial charge in [0.15, 0.2) is 0 Å². The van der Waals surface area contributed by atoms with E-state index in [0.717, 1.165) is 0 Å². The van der Waals surface area contributed by atoms with Crippen molar-refractivity contribution in [1.29, 1.82) is 0 Å². The lowest BCUT2D eigenvalue weighted by atomic mass is 10.1. The number of carbonyl (C=O) groups is 1. The molecular weight excluding hydrogens is 306 g/mol. The number of amides is 1. The van der Waals surface area contributed by atoms with E-state index in [9.17, 15) is 14.7 Å². The summed E-state index contributed by atoms with van der Waals surface area (Å²) >= 11 is 0. The first-order valence-corrected chi connectivity index (χ1v) is 7.31. The van der Waals surface area contributed by atoms with Gasteiger partial charge in [-0.05, 0) is 18.2 Å². The molecule has 0 spiro atoms. The first kappa shape index (κ1) is 15.5. The Morgan fingerprint density at radius 1 is 1.08 bits per heavy atom. The Morgan fingerprint density at radius 2 is 1.71 bits per heavy atom. The largest absolute Gasteiger partial charge is 0.494 e. The average molecular weight is 321 g/mol. The molecular formula is C18H15N3O3. The maximum absolute atomic E-state index is 12.8. The number of aromatic hydroxyl groups is 1. The average Bonchev–Trinajstić information content (AvgIpc) is 2.59. The molecule has 1 heterocycles. The second-order valence-electron chi connectivity index (χ2n) is 5.19. The lowest BCUT2D eigenvalue weighted by Gasteiger charge is -2.13. The van der Waals surface area contributed by atoms with Gasteiger partial charge in [0.25, 0.3) is 5.56 Å². The predicted octanol–water partition coefficient (Wildman–Crippen LogP) is 2.17. The number of nitrogens with one attached hydrogen (secondary N) is 1. The van der Waals surface area contributed by atoms with Crippen LogP contribution in [0.1, 0.15) is 12.5 Å². The molecule has 1 aromatic heterocycles. The van der Waals surface area contributed by atoms with E-state index in [0.29, 0.717) is 22.0 Å². The van der Waals surface area contributed by atoms with Gasteiger partial charge in [-0.25, -0.2) is 9.99 Å². The van der Waals surface area contributed by atoms with Gasteiger partial charge in [-0.2, -0.15) is 5.10 Å². The summed E-state index contributed by atoms with van der Waals surface area (Å²) in [6.07, 6.45) is 1.33. The van der Waals surface area contributed by atoms with Crippen LogP contribution in [0.3, 0.4) is 0 Å². The zero-order valence-corrected chi connectivity index (χ0v) is 12.9. The number of hydrazone groups is 1. The molecule has 3 aromatic rings. The molecule has 0 radical (unpaired) electrons. The van der Waals surface area contributed by atoms with Crippen LogP contribution in [0.25, 0.3) is 16.5 Å². The number of fused-ring (bicyclic) bond motifs is 1. The monoisotopic (exact) mass is 321 g/mol. The molecule has 0 atom stereocenters. The lowest BCUT2D eigenvalue weighted by molar-refractivity contribution is -0.118. The molecule has 0 saturated carbocycles. The smallest absolute Gasteiger partial charge is 0.265 e. The summed E-state index contributed by atoms with van der Waals surface area (Å²) in [6, 6.07) is 15.8. The van der Waals surface area contributed by atoms with Crippen molar-refractivity contribution in [2.24, 2.45) is 5.10 Å². The maximum atomic E-state index is 12.8. The fourth-order valence-corrected chi connectivity index (χ4v) is 2.49. The van der Waals surface area contributed by atoms with Gasteiger partial charge in [-0.15, -0.1) is 0 Å². The topological polar surface area (TPSA) is 83.7 Å². The third kappa shape index (κ3) is 2.77. The first-order valence-electron chi connectivity index (χ1n) is 7.31. The third-order valence-corrected chi connectivity index (χ3v) is 3.53. The fourth-order valence-electron chi connectivity index (χ4n) is 2.49. The highest BCUT2D eigenvalue weighted by Gasteiger charge is 2.15. The molecule has 0 fully saturated rings. The zero-order chi connectivity index (χ0) is 17.1. The molecule has 0 aliphatic heterocycles. The number of hydrogen-bond acceptors (Lipinski definition) is 4. The second-order valence-corrected chi connectivity index (χ2v) is 5.19. The first-order chi connectivity index (χ1) is 11.6. The van der Waals surface area contributed by atoms with Crippen LogP contribution in [0.4, 0.5) is 0 Å². The Morgan fingerprint density at radius 3 is 2.38 bits per heavy atom. The summed E-state index contributed by atoms with van der Waals surface area (Å²) < 4.78 is 1.22. The van der Waals surface area contributed by atoms with Crippen LogP contribution in [0.15, 0.2) is 64.5 Å². The minimum absolute atomic E-state index is 0.237. The summed E-state index contributed by atoms with van der Waals surface area (Å²) in [4.78, 5) is 23.8. The summed E-state index contributed by atoms with van der Waals surface area (Å²) in [7, 11) is 0. The number of rotatable bonds is 3. The molecule has 0 unspecified atom stereocenters. The van der Waals surface area contributed by atoms with Crippen molar-refractivity contribution in [3.05, 3.63) is 70.5 Å². The highest BCUT2D eigenvalue weighted by Crippen LogP contribution is 2.25. The lowest BCUT2D eigenvalue weighted by Crippen LogP contribution is -2.20. The summed E-state index contributed by atoms with van der Waals surface area (Å²) in [5, 5.41) is 15.5. The zero-order valence-electron chi connectivity index (χ0n) is 12.9. The number of carbonyl (C=O) groups excluding carboxylic acids is 1. The highest BCUT2D eigenvalue weighted by molar-refractivity contribution is 6.01. The molecule has 24 heavy (non-hydrogen) atoms. The Labute approximate surface area is 137 Å². The molecule has 2 N–H and O–H groups in total. The number of para-hydroxylation sites is 1. The fraction of sp³-hybridized carbons (Fsp3) is 0.0556. The van der Waals surface area contributed by atoms with Gasteiger partial charge < -0.3 is 5.11 Å². The highest BCUT2D eigenvalue weighted by atomic mass is 16.3. The van der Waals surface area contributed by atoms with Crippen LogP contribution in [-0.4, -0.2) is 21.8 Å². The van der Waals surface area contributed by atoms with Gasteiger partial charge in [0.05, 0.1) is 17.5 Å². The molecule has 6 nitrogen and oxygen atoms in total. The van der Waals surface area contributed by atoms with Gasteiger partial charge in [0.2, 0.25) is 11.8 Å². The van der Waals surface area contributed by atoms with Crippen molar-refractivity contribution in [3.8, 4) is 11.6 Å². The van der Waals surface area contributed by atoms with Crippen molar-refractivity contribution in [3.63, 3.8) is 0 Å². The molecule has 1 amide bonds. The Kier molecular flexibility index (Phi) is 4.11. The van der Waals surface area contributed by atoms with Gasteiger partial charge in [0, 0.05) is 17.7 Å². The normalized spacial score (nSPS) is 11.0. The summed E-state index contributed by atoms with van der Waals surface area (Å²) in [5.41, 5.74) is 2.86. The number of hydrogen-bond donors (Lipinski definition) is 2. The van der Waals surface area contributed by atoms with Crippen LogP contribution >= 0.6 is 0 Å². The van der Waals surface area contributed by atoms with Gasteiger partial charge in [-0.3, -0.25) is 9.59 Å². The van der Waals surface area contributed by atoms with Gasteiger partial charge in [-0.1, -0.05) is 36.4 Å². The summed E-state index contributed by atoms with van der Waals surface area (Å²) in [6.45, 7) is 1.33. The number of pyridine rings is 1. The summed E-state index contributed by atoms with van der Waals surface area (Å²) in [5.74, 6) is -0.564. The number of aromatic nitrogens is 1. The molecule has 3 rings (SSSR count). The van der Waals surface area contributed by atoms with Crippen LogP contribution in [-0.2, 0) is 4.79 Å². The minimum Gasteiger partial charge on any atom is -0.494 e. The van der Waals surface area contributed by atoms with Crippen molar-refractivity contribution in [2.45, 2.75) is 6.92 Å². The van der Waals surface area contributed by atoms with E-state index in [4.69, 9.17) is 0 Å². The van der Waals surface area contributed by atoms with E-state index in [1.165, 1.54) is 17.7 Å². The van der Waals surface area contributed by atoms with Gasteiger partial charge >= 0.3 is 0 Å². The van der Waals surface area contributed by atoms with Crippen molar-refractivity contribution in [2.75, 3.05) is 0 Å². The van der Waals surface area contributed by atoms with Crippen molar-refractivity contribution >= 4 is 22.9 Å². The molecule has 120 valence electrons. The third-order valence-electron chi connectivity index (χ3n) is 3.53. The van der Waals surface area contributed by atoms with E-state index in [1.54, 1.807) is 48.5 Å². The van der Waals surface area contributed by atoms with Crippen LogP contribution in [0.5, 0.6) is 5.88 Å². The predicted molar refractivity (Wildman–Crippen MR) is 92.6 cm³/mol. The SMILES string of the molecule is CC(=O)NN=Cc1c(O)n(-c2ccccc2)c(=O)c2ccccc12. The number of nitrogens with zero attached hydrogens (tertiary/aromatic N) is 2. The standard InChI is InChI=1S/C18H15N3O3/c1-12(22)20-19-11-16-14-9-5-6-10-15(14)17(23)21(18(16)24)13-7-3-2-4-8-13/h2-11,24H,1H3,(H,20,22). The maximum Gasteiger partial charge on any atom is 0.265 e. The van der Waals surface area contributed by atoms with Crippen LogP contribution < -0.4 is 11.0 Å². The van der Waals surface area contributed by atoms with Crippen molar-refractivity contribution in [1.82, 2.24) is 9.99 Å². The van der Waals surface area contributed by atoms with E-state index in [-0.39, 0.29) is 17.3 Å². The quantitative estimate of drug-likeness (QED) is 0.573. The molecule has 2 aromatic carbocycles. The molecule has 0 aliphatic carbocycles. The van der Waals surface area contributed by atoms with Crippen LogP contribution in [0.2, 0.25) is 0 Å². The Hall–Kier alpha value is -3.41. The molecule has 0 saturated heterocycles. The Bertz CT molecular complexity index is 992. The van der Waals surface area contributed by atoms with E-state index in [2.05, 4.69) is 10.5 Å². The van der Waals surface area contributed by atoms with E-state index in [1.807, 2.05) is 6.07 Å². The van der Waals surface area contributed by atoms with Crippen LogP contribution in [0, 0.1) is 0 Å². The van der Waals surface area contributed by atoms with E-state index < -0.39 is 0 Å². The number of benzene rings is 2.